The van der Waals surface area contributed by atoms with Gasteiger partial charge in [0, 0.05) is 0 Å². The third kappa shape index (κ3) is 11.8. The van der Waals surface area contributed by atoms with Crippen LogP contribution >= 0.6 is 0 Å². The average Bonchev–Trinajstić information content (AvgIpc) is 3.08. The molecular weight excluding hydrogens is 556 g/mol. The molecule has 0 radical (unpaired) electrons. The molecule has 0 saturated heterocycles. The van der Waals surface area contributed by atoms with Crippen molar-refractivity contribution in [1.29, 1.82) is 0 Å². The van der Waals surface area contributed by atoms with Crippen molar-refractivity contribution in [3.63, 3.8) is 0 Å². The standard InChI is InChI=1S/C41H50O4/c1-3-5-7-9-11-13-31-43-38-25-19-34(20-26-38)33-15-17-37(18-16-33)41(42)45-40-29-23-36(24-30-40)35-21-27-39(28-22-35)44-32-14-12-10-8-6-4-2/h15-30H,3-14,31-32H2,1-2H3. The summed E-state index contributed by atoms with van der Waals surface area (Å²) in [7, 11) is 0. The van der Waals surface area contributed by atoms with E-state index < -0.39 is 0 Å². The molecule has 0 bridgehead atoms. The van der Waals surface area contributed by atoms with Crippen LogP contribution in [0.25, 0.3) is 22.3 Å². The highest BCUT2D eigenvalue weighted by atomic mass is 16.5. The quantitative estimate of drug-likeness (QED) is 0.0570. The first-order valence-corrected chi connectivity index (χ1v) is 17.0. The Morgan fingerprint density at radius 3 is 1.16 bits per heavy atom. The lowest BCUT2D eigenvalue weighted by Gasteiger charge is -2.09. The van der Waals surface area contributed by atoms with Crippen molar-refractivity contribution in [2.24, 2.45) is 0 Å². The fourth-order valence-corrected chi connectivity index (χ4v) is 5.31. The van der Waals surface area contributed by atoms with Gasteiger partial charge in [0.2, 0.25) is 0 Å². The van der Waals surface area contributed by atoms with Crippen LogP contribution in [-0.4, -0.2) is 19.2 Å². The number of unbranched alkanes of at least 4 members (excludes halogenated alkanes) is 10. The van der Waals surface area contributed by atoms with E-state index in [1.54, 1.807) is 0 Å². The van der Waals surface area contributed by atoms with Crippen LogP contribution in [0.2, 0.25) is 0 Å². The smallest absolute Gasteiger partial charge is 0.343 e. The summed E-state index contributed by atoms with van der Waals surface area (Å²) < 4.78 is 17.5. The van der Waals surface area contributed by atoms with Gasteiger partial charge in [-0.3, -0.25) is 0 Å². The summed E-state index contributed by atoms with van der Waals surface area (Å²) in [5, 5.41) is 0. The molecule has 4 nitrogen and oxygen atoms in total. The largest absolute Gasteiger partial charge is 0.494 e. The van der Waals surface area contributed by atoms with Crippen LogP contribution in [0.5, 0.6) is 17.2 Å². The van der Waals surface area contributed by atoms with Gasteiger partial charge in [0.15, 0.2) is 0 Å². The van der Waals surface area contributed by atoms with Crippen molar-refractivity contribution >= 4 is 5.97 Å². The molecule has 0 unspecified atom stereocenters. The Labute approximate surface area is 270 Å². The molecule has 0 aliphatic carbocycles. The van der Waals surface area contributed by atoms with Crippen molar-refractivity contribution < 1.29 is 19.0 Å². The second-order valence-corrected chi connectivity index (χ2v) is 11.8. The van der Waals surface area contributed by atoms with Gasteiger partial charge in [-0.1, -0.05) is 127 Å². The first-order valence-electron chi connectivity index (χ1n) is 17.0. The lowest BCUT2D eigenvalue weighted by molar-refractivity contribution is 0.0735. The molecule has 4 rings (SSSR count). The van der Waals surface area contributed by atoms with Gasteiger partial charge in [-0.05, 0) is 83.6 Å². The predicted octanol–water partition coefficient (Wildman–Crippen LogP) is 11.7. The van der Waals surface area contributed by atoms with Gasteiger partial charge in [-0.25, -0.2) is 4.79 Å². The second-order valence-electron chi connectivity index (χ2n) is 11.8. The first kappa shape index (κ1) is 33.8. The Morgan fingerprint density at radius 1 is 0.422 bits per heavy atom. The summed E-state index contributed by atoms with van der Waals surface area (Å²) in [6.07, 6.45) is 15.1. The maximum atomic E-state index is 12.8. The Kier molecular flexibility index (Phi) is 14.6. The number of esters is 1. The Hall–Kier alpha value is -4.05. The highest BCUT2D eigenvalue weighted by Crippen LogP contribution is 2.26. The van der Waals surface area contributed by atoms with E-state index in [1.807, 2.05) is 72.8 Å². The molecule has 0 atom stereocenters. The summed E-state index contributed by atoms with van der Waals surface area (Å²) in [6.45, 7) is 6.00. The van der Waals surface area contributed by atoms with Gasteiger partial charge in [-0.15, -0.1) is 0 Å². The van der Waals surface area contributed by atoms with Gasteiger partial charge in [0.25, 0.3) is 0 Å². The van der Waals surface area contributed by atoms with Gasteiger partial charge < -0.3 is 14.2 Å². The van der Waals surface area contributed by atoms with Crippen LogP contribution in [0, 0.1) is 0 Å². The van der Waals surface area contributed by atoms with Crippen LogP contribution in [-0.2, 0) is 0 Å². The molecule has 45 heavy (non-hydrogen) atoms. The zero-order valence-electron chi connectivity index (χ0n) is 27.3. The minimum absolute atomic E-state index is 0.375. The summed E-state index contributed by atoms with van der Waals surface area (Å²) in [6, 6.07) is 31.4. The van der Waals surface area contributed by atoms with E-state index in [4.69, 9.17) is 14.2 Å². The highest BCUT2D eigenvalue weighted by Gasteiger charge is 2.10. The maximum Gasteiger partial charge on any atom is 0.343 e. The minimum atomic E-state index is -0.375. The lowest BCUT2D eigenvalue weighted by Crippen LogP contribution is -2.08. The van der Waals surface area contributed by atoms with Gasteiger partial charge >= 0.3 is 5.97 Å². The Balaban J connectivity index is 1.20. The monoisotopic (exact) mass is 606 g/mol. The molecule has 0 aliphatic heterocycles. The number of carbonyl (C=O) groups excluding carboxylic acids is 1. The zero-order chi connectivity index (χ0) is 31.5. The SMILES string of the molecule is CCCCCCCCOc1ccc(-c2ccc(OC(=O)c3ccc(-c4ccc(OCCCCCCCC)cc4)cc3)cc2)cc1. The molecular formula is C41H50O4. The topological polar surface area (TPSA) is 44.8 Å². The normalized spacial score (nSPS) is 10.9. The molecule has 0 aliphatic rings. The van der Waals surface area contributed by atoms with Crippen molar-refractivity contribution in [2.45, 2.75) is 90.9 Å². The molecule has 0 amide bonds. The molecule has 0 saturated carbocycles. The van der Waals surface area contributed by atoms with Crippen LogP contribution in [0.4, 0.5) is 0 Å². The Bertz CT molecular complexity index is 1370. The van der Waals surface area contributed by atoms with Gasteiger partial charge in [0.1, 0.15) is 17.2 Å². The third-order valence-electron chi connectivity index (χ3n) is 8.09. The molecule has 4 heteroatoms. The molecule has 238 valence electrons. The molecule has 0 N–H and O–H groups in total. The number of benzene rings is 4. The summed E-state index contributed by atoms with van der Waals surface area (Å²) >= 11 is 0. The first-order chi connectivity index (χ1) is 22.2. The highest BCUT2D eigenvalue weighted by molar-refractivity contribution is 5.91. The fourth-order valence-electron chi connectivity index (χ4n) is 5.31. The van der Waals surface area contributed by atoms with Crippen molar-refractivity contribution in [3.8, 4) is 39.5 Å². The van der Waals surface area contributed by atoms with Crippen molar-refractivity contribution in [2.75, 3.05) is 13.2 Å². The number of rotatable bonds is 20. The molecule has 0 spiro atoms. The van der Waals surface area contributed by atoms with E-state index in [9.17, 15) is 4.79 Å². The van der Waals surface area contributed by atoms with Gasteiger partial charge in [0.05, 0.1) is 18.8 Å². The summed E-state index contributed by atoms with van der Waals surface area (Å²) in [4.78, 5) is 12.8. The van der Waals surface area contributed by atoms with E-state index >= 15 is 0 Å². The summed E-state index contributed by atoms with van der Waals surface area (Å²) in [5.41, 5.74) is 4.78. The van der Waals surface area contributed by atoms with E-state index in [1.165, 1.54) is 64.2 Å². The molecule has 4 aromatic carbocycles. The average molecular weight is 607 g/mol. The molecule has 0 aromatic heterocycles. The van der Waals surface area contributed by atoms with Gasteiger partial charge in [-0.2, -0.15) is 0 Å². The second kappa shape index (κ2) is 19.4. The van der Waals surface area contributed by atoms with Crippen LogP contribution in [0.15, 0.2) is 97.1 Å². The fraction of sp³-hybridized carbons (Fsp3) is 0.390. The third-order valence-corrected chi connectivity index (χ3v) is 8.09. The number of carbonyl (C=O) groups is 1. The summed E-state index contributed by atoms with van der Waals surface area (Å²) in [5.74, 6) is 1.93. The number of ether oxygens (including phenoxy) is 3. The van der Waals surface area contributed by atoms with Crippen molar-refractivity contribution in [1.82, 2.24) is 0 Å². The minimum Gasteiger partial charge on any atom is -0.494 e. The van der Waals surface area contributed by atoms with E-state index in [2.05, 4.69) is 38.1 Å². The van der Waals surface area contributed by atoms with E-state index in [0.29, 0.717) is 11.3 Å². The number of hydrogen-bond donors (Lipinski definition) is 0. The molecule has 0 heterocycles. The molecule has 4 aromatic rings. The van der Waals surface area contributed by atoms with Crippen LogP contribution in [0.3, 0.4) is 0 Å². The van der Waals surface area contributed by atoms with Crippen LogP contribution in [0.1, 0.15) is 101 Å². The maximum absolute atomic E-state index is 12.8. The number of hydrogen-bond acceptors (Lipinski definition) is 4. The predicted molar refractivity (Wildman–Crippen MR) is 186 cm³/mol. The van der Waals surface area contributed by atoms with E-state index in [0.717, 1.165) is 59.8 Å². The van der Waals surface area contributed by atoms with Crippen molar-refractivity contribution in [3.05, 3.63) is 103 Å². The van der Waals surface area contributed by atoms with E-state index in [-0.39, 0.29) is 5.97 Å². The zero-order valence-corrected chi connectivity index (χ0v) is 27.3. The lowest BCUT2D eigenvalue weighted by atomic mass is 10.0. The van der Waals surface area contributed by atoms with Crippen LogP contribution < -0.4 is 14.2 Å². The molecule has 0 fully saturated rings. The Morgan fingerprint density at radius 2 is 0.756 bits per heavy atom.